The molecule has 0 bridgehead atoms. The van der Waals surface area contributed by atoms with E-state index in [1.807, 2.05) is 18.7 Å². The van der Waals surface area contributed by atoms with Gasteiger partial charge >= 0.3 is 0 Å². The maximum Gasteiger partial charge on any atom is 0.167 e. The third-order valence-corrected chi connectivity index (χ3v) is 2.86. The first-order valence-corrected chi connectivity index (χ1v) is 7.22. The topological polar surface area (TPSA) is 62.3 Å². The van der Waals surface area contributed by atoms with Gasteiger partial charge in [-0.2, -0.15) is 5.26 Å². The molecule has 1 aromatic rings. The highest BCUT2D eigenvalue weighted by molar-refractivity contribution is 5.70. The lowest BCUT2D eigenvalue weighted by molar-refractivity contribution is 0.231. The molecule has 0 atom stereocenters. The molecule has 0 unspecified atom stereocenters. The van der Waals surface area contributed by atoms with Gasteiger partial charge in [0, 0.05) is 25.2 Å². The number of benzene rings is 1. The predicted molar refractivity (Wildman–Crippen MR) is 83.9 cm³/mol. The Balaban J connectivity index is 3.13. The maximum atomic E-state index is 13.9. The lowest BCUT2D eigenvalue weighted by atomic mass is 10.1. The van der Waals surface area contributed by atoms with Gasteiger partial charge in [0.15, 0.2) is 11.6 Å². The molecule has 0 spiro atoms. The van der Waals surface area contributed by atoms with Crippen molar-refractivity contribution in [2.45, 2.75) is 40.2 Å². The molecule has 0 radical (unpaired) electrons. The van der Waals surface area contributed by atoms with Crippen molar-refractivity contribution in [1.82, 2.24) is 0 Å². The largest absolute Gasteiger partial charge is 0.488 e. The summed E-state index contributed by atoms with van der Waals surface area (Å²) in [5.41, 5.74) is 7.03. The van der Waals surface area contributed by atoms with Crippen LogP contribution < -0.4 is 15.4 Å². The third kappa shape index (κ3) is 5.14. The van der Waals surface area contributed by atoms with Crippen LogP contribution in [-0.2, 0) is 0 Å². The molecule has 21 heavy (non-hydrogen) atoms. The SMILES string of the molecule is CC(C)CN(CCC#N)c1cc(OC(C)C)c(F)cc1N. The van der Waals surface area contributed by atoms with Crippen molar-refractivity contribution in [3.05, 3.63) is 17.9 Å². The monoisotopic (exact) mass is 293 g/mol. The fourth-order valence-electron chi connectivity index (χ4n) is 2.11. The van der Waals surface area contributed by atoms with Crippen LogP contribution >= 0.6 is 0 Å². The smallest absolute Gasteiger partial charge is 0.167 e. The Morgan fingerprint density at radius 1 is 1.33 bits per heavy atom. The zero-order valence-electron chi connectivity index (χ0n) is 13.2. The van der Waals surface area contributed by atoms with E-state index in [1.165, 1.54) is 6.07 Å². The summed E-state index contributed by atoms with van der Waals surface area (Å²) in [7, 11) is 0. The van der Waals surface area contributed by atoms with Crippen LogP contribution in [0.2, 0.25) is 0 Å². The summed E-state index contributed by atoms with van der Waals surface area (Å²) in [6.07, 6.45) is 0.276. The molecule has 4 nitrogen and oxygen atoms in total. The molecule has 0 fully saturated rings. The number of rotatable bonds is 7. The van der Waals surface area contributed by atoms with Gasteiger partial charge in [-0.05, 0) is 19.8 Å². The number of hydrogen-bond donors (Lipinski definition) is 1. The average Bonchev–Trinajstić information content (AvgIpc) is 2.37. The molecule has 5 heteroatoms. The average molecular weight is 293 g/mol. The quantitative estimate of drug-likeness (QED) is 0.781. The standard InChI is InChI=1S/C16H24FN3O/c1-11(2)10-20(7-5-6-18)15-9-16(21-12(3)4)13(17)8-14(15)19/h8-9,11-12H,5,7,10,19H2,1-4H3. The Hall–Kier alpha value is -1.96. The van der Waals surface area contributed by atoms with Crippen LogP contribution in [0.5, 0.6) is 5.75 Å². The fraction of sp³-hybridized carbons (Fsp3) is 0.562. The number of halogens is 1. The van der Waals surface area contributed by atoms with E-state index in [0.29, 0.717) is 24.6 Å². The van der Waals surface area contributed by atoms with Gasteiger partial charge in [0.2, 0.25) is 0 Å². The van der Waals surface area contributed by atoms with Crippen LogP contribution in [0.4, 0.5) is 15.8 Å². The second-order valence-electron chi connectivity index (χ2n) is 5.76. The molecule has 2 N–H and O–H groups in total. The van der Waals surface area contributed by atoms with E-state index in [1.54, 1.807) is 6.07 Å². The number of nitrogens with zero attached hydrogens (tertiary/aromatic N) is 2. The molecule has 0 aliphatic heterocycles. The lowest BCUT2D eigenvalue weighted by Gasteiger charge is -2.28. The number of nitriles is 1. The number of ether oxygens (including phenoxy) is 1. The summed E-state index contributed by atoms with van der Waals surface area (Å²) >= 11 is 0. The first-order chi connectivity index (χ1) is 9.85. The zero-order chi connectivity index (χ0) is 16.0. The van der Waals surface area contributed by atoms with Crippen LogP contribution in [0.3, 0.4) is 0 Å². The van der Waals surface area contributed by atoms with Gasteiger partial charge in [0.1, 0.15) is 0 Å². The van der Waals surface area contributed by atoms with Gasteiger partial charge in [-0.3, -0.25) is 0 Å². The van der Waals surface area contributed by atoms with Crippen LogP contribution in [0.15, 0.2) is 12.1 Å². The van der Waals surface area contributed by atoms with Gasteiger partial charge in [-0.25, -0.2) is 4.39 Å². The molecule has 0 aromatic heterocycles. The Bertz CT molecular complexity index is 509. The predicted octanol–water partition coefficient (Wildman–Crippen LogP) is 3.57. The van der Waals surface area contributed by atoms with Crippen LogP contribution in [0.1, 0.15) is 34.1 Å². The van der Waals surface area contributed by atoms with Crippen molar-refractivity contribution >= 4 is 11.4 Å². The summed E-state index contributed by atoms with van der Waals surface area (Å²) in [5, 5.41) is 8.79. The summed E-state index contributed by atoms with van der Waals surface area (Å²) in [4.78, 5) is 2.01. The molecular weight excluding hydrogens is 269 g/mol. The molecule has 116 valence electrons. The zero-order valence-corrected chi connectivity index (χ0v) is 13.2. The van der Waals surface area contributed by atoms with E-state index in [-0.39, 0.29) is 11.9 Å². The van der Waals surface area contributed by atoms with Gasteiger partial charge in [0.25, 0.3) is 0 Å². The molecule has 0 saturated heterocycles. The van der Waals surface area contributed by atoms with E-state index in [4.69, 9.17) is 15.7 Å². The molecule has 0 aliphatic rings. The number of nitrogens with two attached hydrogens (primary N) is 1. The molecule has 0 amide bonds. The van der Waals surface area contributed by atoms with Gasteiger partial charge < -0.3 is 15.4 Å². The first kappa shape index (κ1) is 17.1. The molecule has 0 aliphatic carbocycles. The van der Waals surface area contributed by atoms with E-state index in [2.05, 4.69) is 19.9 Å². The van der Waals surface area contributed by atoms with Crippen molar-refractivity contribution in [2.75, 3.05) is 23.7 Å². The maximum absolute atomic E-state index is 13.9. The normalized spacial score (nSPS) is 10.8. The van der Waals surface area contributed by atoms with Crippen molar-refractivity contribution in [3.63, 3.8) is 0 Å². The minimum atomic E-state index is -0.463. The molecule has 1 rings (SSSR count). The van der Waals surface area contributed by atoms with Gasteiger partial charge in [-0.1, -0.05) is 13.8 Å². The third-order valence-electron chi connectivity index (χ3n) is 2.86. The second kappa shape index (κ2) is 7.72. The second-order valence-corrected chi connectivity index (χ2v) is 5.76. The first-order valence-electron chi connectivity index (χ1n) is 7.22. The minimum absolute atomic E-state index is 0.117. The van der Waals surface area contributed by atoms with Gasteiger partial charge in [-0.15, -0.1) is 0 Å². The van der Waals surface area contributed by atoms with E-state index >= 15 is 0 Å². The summed E-state index contributed by atoms with van der Waals surface area (Å²) in [6.45, 7) is 9.17. The molecule has 0 heterocycles. The Morgan fingerprint density at radius 3 is 2.52 bits per heavy atom. The minimum Gasteiger partial charge on any atom is -0.488 e. The molecular formula is C16H24FN3O. The highest BCUT2D eigenvalue weighted by Gasteiger charge is 2.16. The van der Waals surface area contributed by atoms with Crippen molar-refractivity contribution in [1.29, 1.82) is 5.26 Å². The van der Waals surface area contributed by atoms with Crippen molar-refractivity contribution < 1.29 is 9.13 Å². The van der Waals surface area contributed by atoms with Crippen LogP contribution in [0.25, 0.3) is 0 Å². The van der Waals surface area contributed by atoms with Crippen molar-refractivity contribution in [3.8, 4) is 11.8 Å². The molecule has 1 aromatic carbocycles. The lowest BCUT2D eigenvalue weighted by Crippen LogP contribution is -2.29. The van der Waals surface area contributed by atoms with Crippen LogP contribution in [0, 0.1) is 23.1 Å². The van der Waals surface area contributed by atoms with E-state index in [0.717, 1.165) is 12.2 Å². The fourth-order valence-corrected chi connectivity index (χ4v) is 2.11. The number of anilines is 2. The summed E-state index contributed by atoms with van der Waals surface area (Å²) in [6, 6.07) is 5.04. The van der Waals surface area contributed by atoms with E-state index < -0.39 is 5.82 Å². The van der Waals surface area contributed by atoms with Crippen molar-refractivity contribution in [2.24, 2.45) is 5.92 Å². The highest BCUT2D eigenvalue weighted by atomic mass is 19.1. The number of hydrogen-bond acceptors (Lipinski definition) is 4. The Labute approximate surface area is 126 Å². The summed E-state index contributed by atoms with van der Waals surface area (Å²) < 4.78 is 19.4. The highest BCUT2D eigenvalue weighted by Crippen LogP contribution is 2.32. The van der Waals surface area contributed by atoms with Crippen LogP contribution in [-0.4, -0.2) is 19.2 Å². The molecule has 0 saturated carbocycles. The number of nitrogen functional groups attached to an aromatic ring is 1. The van der Waals surface area contributed by atoms with E-state index in [9.17, 15) is 4.39 Å². The summed E-state index contributed by atoms with van der Waals surface area (Å²) in [5.74, 6) is 0.136. The van der Waals surface area contributed by atoms with Gasteiger partial charge in [0.05, 0.1) is 30.0 Å². The Morgan fingerprint density at radius 2 is 2.00 bits per heavy atom. The Kier molecular flexibility index (Phi) is 6.29.